The second-order valence-corrected chi connectivity index (χ2v) is 5.24. The normalized spacial score (nSPS) is 13.8. The molecule has 16 heavy (non-hydrogen) atoms. The fraction of sp³-hybridized carbons (Fsp3) is 0.818. The fourth-order valence-corrected chi connectivity index (χ4v) is 1.27. The Balaban J connectivity index is 3.66. The van der Waals surface area contributed by atoms with Gasteiger partial charge in [-0.15, -0.1) is 11.8 Å². The number of hydrogen-bond acceptors (Lipinski definition) is 4. The monoisotopic (exact) mass is 246 g/mol. The summed E-state index contributed by atoms with van der Waals surface area (Å²) in [5, 5.41) is 2.70. The zero-order chi connectivity index (χ0) is 12.6. The minimum Gasteiger partial charge on any atom is -0.444 e. The van der Waals surface area contributed by atoms with E-state index in [-0.39, 0.29) is 12.1 Å². The summed E-state index contributed by atoms with van der Waals surface area (Å²) < 4.78 is 5.11. The minimum absolute atomic E-state index is 0.224. The number of carbonyl (C=O) groups excluding carboxylic acids is 1. The van der Waals surface area contributed by atoms with Crippen LogP contribution < -0.4 is 5.32 Å². The molecule has 1 amide bonds. The molecule has 0 spiro atoms. The third-order valence-electron chi connectivity index (χ3n) is 1.65. The summed E-state index contributed by atoms with van der Waals surface area (Å²) in [6.07, 6.45) is 2.42. The molecule has 0 fully saturated rings. The zero-order valence-electron chi connectivity index (χ0n) is 10.7. The van der Waals surface area contributed by atoms with Gasteiger partial charge in [-0.25, -0.2) is 4.79 Å². The summed E-state index contributed by atoms with van der Waals surface area (Å²) in [7, 11) is 0. The molecule has 1 atom stereocenters. The number of rotatable bonds is 5. The van der Waals surface area contributed by atoms with Gasteiger partial charge in [0.2, 0.25) is 0 Å². The smallest absolute Gasteiger partial charge is 0.407 e. The molecule has 4 nitrogen and oxygen atoms in total. The summed E-state index contributed by atoms with van der Waals surface area (Å²) in [6.45, 7) is 8.14. The van der Waals surface area contributed by atoms with E-state index in [9.17, 15) is 4.79 Å². The van der Waals surface area contributed by atoms with Crippen molar-refractivity contribution in [1.29, 1.82) is 0 Å². The minimum atomic E-state index is -0.438. The number of carbonyl (C=O) groups is 1. The molecule has 94 valence electrons. The third-order valence-corrected chi connectivity index (χ3v) is 1.98. The second kappa shape index (κ2) is 7.54. The highest BCUT2D eigenvalue weighted by molar-refractivity contribution is 8.11. The summed E-state index contributed by atoms with van der Waals surface area (Å²) >= 11 is 1.57. The Kier molecular flexibility index (Phi) is 7.21. The molecule has 1 unspecified atom stereocenters. The lowest BCUT2D eigenvalue weighted by molar-refractivity contribution is 0.0527. The maximum Gasteiger partial charge on any atom is 0.407 e. The van der Waals surface area contributed by atoms with Gasteiger partial charge in [0.05, 0.1) is 5.55 Å². The molecule has 0 heterocycles. The van der Waals surface area contributed by atoms with Crippen molar-refractivity contribution in [2.75, 3.05) is 12.8 Å². The summed E-state index contributed by atoms with van der Waals surface area (Å²) in [4.78, 5) is 15.5. The topological polar surface area (TPSA) is 50.7 Å². The number of aliphatic imine (C=N–C) groups is 1. The van der Waals surface area contributed by atoms with Crippen LogP contribution in [0.1, 0.15) is 34.1 Å². The van der Waals surface area contributed by atoms with Crippen molar-refractivity contribution in [2.24, 2.45) is 4.99 Å². The summed E-state index contributed by atoms with van der Waals surface area (Å²) in [5.41, 5.74) is 1.38. The van der Waals surface area contributed by atoms with Gasteiger partial charge in [0, 0.05) is 12.6 Å². The van der Waals surface area contributed by atoms with Gasteiger partial charge in [0.15, 0.2) is 0 Å². The maximum absolute atomic E-state index is 11.3. The van der Waals surface area contributed by atoms with Gasteiger partial charge in [0.1, 0.15) is 5.60 Å². The molecule has 0 aromatic rings. The Bertz CT molecular complexity index is 237. The first kappa shape index (κ1) is 15.3. The molecular weight excluding hydrogens is 224 g/mol. The van der Waals surface area contributed by atoms with Gasteiger partial charge in [-0.1, -0.05) is 0 Å². The van der Waals surface area contributed by atoms with Crippen molar-refractivity contribution in [3.63, 3.8) is 0 Å². The molecule has 0 aliphatic carbocycles. The first-order valence-corrected chi connectivity index (χ1v) is 6.65. The van der Waals surface area contributed by atoms with E-state index in [2.05, 4.69) is 10.3 Å². The number of thioether (sulfide) groups is 1. The van der Waals surface area contributed by atoms with Crippen LogP contribution in [0.4, 0.5) is 4.79 Å². The molecule has 0 bridgehead atoms. The lowest BCUT2D eigenvalue weighted by Gasteiger charge is -2.19. The highest BCUT2D eigenvalue weighted by Gasteiger charge is 2.15. The number of nitrogens with one attached hydrogen (secondary N) is 1. The van der Waals surface area contributed by atoms with Crippen LogP contribution in [0.25, 0.3) is 0 Å². The molecule has 5 heteroatoms. The molecule has 0 saturated carbocycles. The predicted octanol–water partition coefficient (Wildman–Crippen LogP) is 2.68. The van der Waals surface area contributed by atoms with Gasteiger partial charge < -0.3 is 10.1 Å². The van der Waals surface area contributed by atoms with Gasteiger partial charge in [0.25, 0.3) is 0 Å². The Morgan fingerprint density at radius 3 is 2.69 bits per heavy atom. The van der Waals surface area contributed by atoms with Crippen LogP contribution in [-0.2, 0) is 4.74 Å². The van der Waals surface area contributed by atoms with Gasteiger partial charge in [-0.2, -0.15) is 0 Å². The highest BCUT2D eigenvalue weighted by atomic mass is 32.2. The van der Waals surface area contributed by atoms with Crippen LogP contribution in [0, 0.1) is 0 Å². The van der Waals surface area contributed by atoms with E-state index in [1.54, 1.807) is 11.8 Å². The molecule has 0 aromatic carbocycles. The number of amides is 1. The van der Waals surface area contributed by atoms with E-state index in [4.69, 9.17) is 4.74 Å². The number of alkyl carbamates (subject to hydrolysis) is 1. The van der Waals surface area contributed by atoms with Crippen LogP contribution in [0.5, 0.6) is 0 Å². The van der Waals surface area contributed by atoms with Crippen molar-refractivity contribution in [3.8, 4) is 0 Å². The summed E-state index contributed by atoms with van der Waals surface area (Å²) in [6, 6.07) is 0.224. The Morgan fingerprint density at radius 2 is 2.19 bits per heavy atom. The van der Waals surface area contributed by atoms with Gasteiger partial charge in [-0.05, 0) is 40.4 Å². The van der Waals surface area contributed by atoms with E-state index in [0.717, 1.165) is 6.42 Å². The molecule has 1 N–H and O–H groups in total. The average molecular weight is 246 g/mol. The first-order valence-electron chi connectivity index (χ1n) is 5.36. The molecular formula is C11H22N2O2S. The fourth-order valence-electron chi connectivity index (χ4n) is 0.937. The molecule has 0 aliphatic rings. The van der Waals surface area contributed by atoms with Crippen LogP contribution in [0.3, 0.4) is 0 Å². The Hall–Kier alpha value is -0.710. The Labute approximate surface area is 102 Å². The maximum atomic E-state index is 11.3. The summed E-state index contributed by atoms with van der Waals surface area (Å²) in [5.74, 6) is 0. The van der Waals surface area contributed by atoms with Crippen molar-refractivity contribution >= 4 is 23.4 Å². The van der Waals surface area contributed by atoms with E-state index < -0.39 is 5.60 Å². The second-order valence-electron chi connectivity index (χ2n) is 4.56. The van der Waals surface area contributed by atoms with E-state index >= 15 is 0 Å². The number of ether oxygens (including phenoxy) is 1. The molecule has 0 radical (unpaired) electrons. The standard InChI is InChI=1S/C11H22N2O2S/c1-9(13-8-16-5)6-7-12-10(14)15-11(2,3)4/h8-9H,6-7H2,1-5H3,(H,12,14). The first-order chi connectivity index (χ1) is 7.35. The van der Waals surface area contributed by atoms with Crippen molar-refractivity contribution in [3.05, 3.63) is 0 Å². The third kappa shape index (κ3) is 9.83. The SMILES string of the molecule is CSC=NC(C)CCNC(=O)OC(C)(C)C. The van der Waals surface area contributed by atoms with Crippen molar-refractivity contribution in [2.45, 2.75) is 45.8 Å². The lowest BCUT2D eigenvalue weighted by Crippen LogP contribution is -2.33. The Morgan fingerprint density at radius 1 is 1.56 bits per heavy atom. The van der Waals surface area contributed by atoms with Crippen LogP contribution in [0.2, 0.25) is 0 Å². The molecule has 0 aromatic heterocycles. The lowest BCUT2D eigenvalue weighted by atomic mass is 10.2. The largest absolute Gasteiger partial charge is 0.444 e. The average Bonchev–Trinajstić information content (AvgIpc) is 2.11. The predicted molar refractivity (Wildman–Crippen MR) is 70.3 cm³/mol. The van der Waals surface area contributed by atoms with E-state index in [1.807, 2.05) is 39.5 Å². The van der Waals surface area contributed by atoms with E-state index in [0.29, 0.717) is 6.54 Å². The molecule has 0 saturated heterocycles. The number of hydrogen-bond donors (Lipinski definition) is 1. The number of nitrogens with zero attached hydrogens (tertiary/aromatic N) is 1. The van der Waals surface area contributed by atoms with Crippen molar-refractivity contribution < 1.29 is 9.53 Å². The highest BCUT2D eigenvalue weighted by Crippen LogP contribution is 2.06. The van der Waals surface area contributed by atoms with E-state index in [1.165, 1.54) is 0 Å². The van der Waals surface area contributed by atoms with Crippen LogP contribution >= 0.6 is 11.8 Å². The quantitative estimate of drug-likeness (QED) is 0.599. The van der Waals surface area contributed by atoms with Crippen molar-refractivity contribution in [1.82, 2.24) is 5.32 Å². The van der Waals surface area contributed by atoms with Gasteiger partial charge in [-0.3, -0.25) is 4.99 Å². The van der Waals surface area contributed by atoms with Crippen LogP contribution in [-0.4, -0.2) is 36.1 Å². The van der Waals surface area contributed by atoms with Crippen LogP contribution in [0.15, 0.2) is 4.99 Å². The zero-order valence-corrected chi connectivity index (χ0v) is 11.6. The molecule has 0 aliphatic heterocycles. The van der Waals surface area contributed by atoms with Gasteiger partial charge >= 0.3 is 6.09 Å². The molecule has 0 rings (SSSR count).